The fourth-order valence-corrected chi connectivity index (χ4v) is 1.07. The van der Waals surface area contributed by atoms with E-state index in [0.717, 1.165) is 0 Å². The molecule has 0 saturated carbocycles. The first-order valence-electron chi connectivity index (χ1n) is 3.08. The van der Waals surface area contributed by atoms with Gasteiger partial charge in [-0.1, -0.05) is 11.6 Å². The normalized spacial score (nSPS) is 10.0. The predicted octanol–water partition coefficient (Wildman–Crippen LogP) is 0.649. The number of nitrogens with zero attached hydrogens (tertiary/aromatic N) is 5. The molecule has 0 saturated heterocycles. The van der Waals surface area contributed by atoms with Gasteiger partial charge < -0.3 is 0 Å². The van der Waals surface area contributed by atoms with Gasteiger partial charge in [0.1, 0.15) is 18.0 Å². The summed E-state index contributed by atoms with van der Waals surface area (Å²) >= 11 is 5.62. The van der Waals surface area contributed by atoms with Crippen LogP contribution >= 0.6 is 11.6 Å². The van der Waals surface area contributed by atoms with Crippen molar-refractivity contribution in [2.75, 3.05) is 0 Å². The summed E-state index contributed by atoms with van der Waals surface area (Å²) in [6, 6.07) is 3.40. The third kappa shape index (κ3) is 0.898. The number of aromatic nitrogens is 4. The largest absolute Gasteiger partial charge is 0.198 e. The highest BCUT2D eigenvalue weighted by Crippen LogP contribution is 2.10. The minimum Gasteiger partial charge on any atom is -0.198 e. The number of fused-ring (bicyclic) bond motifs is 1. The van der Waals surface area contributed by atoms with Crippen LogP contribution in [0.3, 0.4) is 0 Å². The third-order valence-electron chi connectivity index (χ3n) is 1.36. The molecule has 2 rings (SSSR count). The van der Waals surface area contributed by atoms with Crippen LogP contribution in [0, 0.1) is 11.3 Å². The van der Waals surface area contributed by atoms with Gasteiger partial charge in [-0.05, 0) is 6.07 Å². The van der Waals surface area contributed by atoms with Crippen LogP contribution in [0.5, 0.6) is 0 Å². The van der Waals surface area contributed by atoms with Gasteiger partial charge >= 0.3 is 0 Å². The van der Waals surface area contributed by atoms with Crippen molar-refractivity contribution < 1.29 is 0 Å². The zero-order chi connectivity index (χ0) is 8.55. The van der Waals surface area contributed by atoms with E-state index in [9.17, 15) is 0 Å². The number of rotatable bonds is 0. The average Bonchev–Trinajstić information content (AvgIpc) is 2.50. The van der Waals surface area contributed by atoms with Crippen molar-refractivity contribution >= 4 is 17.2 Å². The Bertz CT molecular complexity index is 468. The van der Waals surface area contributed by atoms with Crippen LogP contribution in [-0.2, 0) is 0 Å². The molecule has 5 nitrogen and oxygen atoms in total. The van der Waals surface area contributed by atoms with Gasteiger partial charge in [-0.3, -0.25) is 0 Å². The second-order valence-electron chi connectivity index (χ2n) is 2.09. The summed E-state index contributed by atoms with van der Waals surface area (Å²) < 4.78 is 1.36. The molecule has 0 aliphatic heterocycles. The maximum absolute atomic E-state index is 8.66. The maximum atomic E-state index is 8.66. The summed E-state index contributed by atoms with van der Waals surface area (Å²) in [5.74, 6) is 0. The zero-order valence-corrected chi connectivity index (χ0v) is 6.52. The molecule has 0 unspecified atom stereocenters. The van der Waals surface area contributed by atoms with Gasteiger partial charge in [-0.25, -0.2) is 0 Å². The third-order valence-corrected chi connectivity index (χ3v) is 1.54. The topological polar surface area (TPSA) is 66.9 Å². The highest BCUT2D eigenvalue weighted by atomic mass is 35.5. The van der Waals surface area contributed by atoms with Crippen LogP contribution in [0.2, 0.25) is 5.15 Å². The molecule has 0 N–H and O–H groups in total. The van der Waals surface area contributed by atoms with Gasteiger partial charge in [0.25, 0.3) is 0 Å². The van der Waals surface area contributed by atoms with E-state index in [0.29, 0.717) is 11.2 Å². The molecular weight excluding hydrogens is 178 g/mol. The Kier molecular flexibility index (Phi) is 1.42. The monoisotopic (exact) mass is 179 g/mol. The van der Waals surface area contributed by atoms with Crippen molar-refractivity contribution in [2.45, 2.75) is 0 Å². The van der Waals surface area contributed by atoms with Gasteiger partial charge in [0.15, 0.2) is 10.8 Å². The van der Waals surface area contributed by atoms with Crippen LogP contribution < -0.4 is 0 Å². The number of hydrogen-bond acceptors (Lipinski definition) is 4. The molecule has 2 aromatic rings. The van der Waals surface area contributed by atoms with E-state index in [1.807, 2.05) is 6.07 Å². The first-order valence-corrected chi connectivity index (χ1v) is 3.46. The van der Waals surface area contributed by atoms with Crippen LogP contribution in [0.15, 0.2) is 12.4 Å². The summed E-state index contributed by atoms with van der Waals surface area (Å²) in [5, 5.41) is 20.1. The van der Waals surface area contributed by atoms with Gasteiger partial charge in [0, 0.05) is 0 Å². The van der Waals surface area contributed by atoms with Crippen LogP contribution in [0.4, 0.5) is 0 Å². The van der Waals surface area contributed by atoms with E-state index < -0.39 is 0 Å². The molecule has 2 heterocycles. The van der Waals surface area contributed by atoms with Gasteiger partial charge in [0.05, 0.1) is 0 Å². The average molecular weight is 180 g/mol. The molecule has 2 aromatic heterocycles. The van der Waals surface area contributed by atoms with Gasteiger partial charge in [-0.15, -0.1) is 10.2 Å². The molecular formula is C6H2ClN5. The molecule has 0 bridgehead atoms. The quantitative estimate of drug-likeness (QED) is 0.596. The summed E-state index contributed by atoms with van der Waals surface area (Å²) in [7, 11) is 0. The second kappa shape index (κ2) is 2.43. The molecule has 6 heteroatoms. The minimum atomic E-state index is 0.249. The first-order chi connectivity index (χ1) is 5.81. The van der Waals surface area contributed by atoms with Crippen LogP contribution in [-0.4, -0.2) is 19.8 Å². The number of hydrogen-bond donors (Lipinski definition) is 0. The fourth-order valence-electron chi connectivity index (χ4n) is 0.878. The van der Waals surface area contributed by atoms with Gasteiger partial charge in [-0.2, -0.15) is 14.9 Å². The lowest BCUT2D eigenvalue weighted by atomic mass is 10.3. The molecule has 0 radical (unpaired) electrons. The second-order valence-corrected chi connectivity index (χ2v) is 2.48. The molecule has 0 aromatic carbocycles. The van der Waals surface area contributed by atoms with E-state index in [-0.39, 0.29) is 5.15 Å². The van der Waals surface area contributed by atoms with Crippen molar-refractivity contribution in [1.29, 1.82) is 5.26 Å². The smallest absolute Gasteiger partial charge is 0.195 e. The SMILES string of the molecule is N#Cc1cc(Cl)nn2cnnc12. The summed E-state index contributed by atoms with van der Waals surface area (Å²) in [4.78, 5) is 0. The standard InChI is InChI=1S/C6H2ClN5/c7-5-1-4(2-8)6-10-9-3-12(6)11-5/h1,3H. The Morgan fingerprint density at radius 2 is 2.42 bits per heavy atom. The summed E-state index contributed by atoms with van der Waals surface area (Å²) in [6.07, 6.45) is 1.39. The number of halogens is 1. The van der Waals surface area contributed by atoms with Crippen molar-refractivity contribution in [2.24, 2.45) is 0 Å². The van der Waals surface area contributed by atoms with Crippen LogP contribution in [0.25, 0.3) is 5.65 Å². The first kappa shape index (κ1) is 7.00. The molecule has 0 atom stereocenters. The highest BCUT2D eigenvalue weighted by molar-refractivity contribution is 6.29. The van der Waals surface area contributed by atoms with E-state index in [2.05, 4.69) is 15.3 Å². The van der Waals surface area contributed by atoms with Crippen molar-refractivity contribution in [1.82, 2.24) is 19.8 Å². The Morgan fingerprint density at radius 3 is 3.17 bits per heavy atom. The molecule has 0 aliphatic carbocycles. The van der Waals surface area contributed by atoms with E-state index in [4.69, 9.17) is 16.9 Å². The Labute approximate surface area is 72.2 Å². The number of nitriles is 1. The van der Waals surface area contributed by atoms with E-state index in [1.54, 1.807) is 0 Å². The lowest BCUT2D eigenvalue weighted by molar-refractivity contribution is 0.924. The van der Waals surface area contributed by atoms with Crippen molar-refractivity contribution in [3.05, 3.63) is 23.1 Å². The van der Waals surface area contributed by atoms with Crippen LogP contribution in [0.1, 0.15) is 5.56 Å². The summed E-state index contributed by atoms with van der Waals surface area (Å²) in [6.45, 7) is 0. The Morgan fingerprint density at radius 1 is 1.58 bits per heavy atom. The lowest BCUT2D eigenvalue weighted by Gasteiger charge is -1.93. The Hall–Kier alpha value is -1.67. The van der Waals surface area contributed by atoms with Gasteiger partial charge in [0.2, 0.25) is 0 Å². The van der Waals surface area contributed by atoms with E-state index >= 15 is 0 Å². The van der Waals surface area contributed by atoms with Crippen molar-refractivity contribution in [3.8, 4) is 6.07 Å². The Balaban J connectivity index is 2.91. The maximum Gasteiger partial charge on any atom is 0.195 e. The fraction of sp³-hybridized carbons (Fsp3) is 0. The lowest BCUT2D eigenvalue weighted by Crippen LogP contribution is -1.93. The molecule has 58 valence electrons. The molecule has 12 heavy (non-hydrogen) atoms. The summed E-state index contributed by atoms with van der Waals surface area (Å²) in [5.41, 5.74) is 0.786. The molecule has 0 spiro atoms. The highest BCUT2D eigenvalue weighted by Gasteiger charge is 2.04. The predicted molar refractivity (Wildman–Crippen MR) is 40.5 cm³/mol. The molecule has 0 amide bonds. The minimum absolute atomic E-state index is 0.249. The van der Waals surface area contributed by atoms with E-state index in [1.165, 1.54) is 16.9 Å². The van der Waals surface area contributed by atoms with Crippen molar-refractivity contribution in [3.63, 3.8) is 0 Å². The zero-order valence-electron chi connectivity index (χ0n) is 5.77. The molecule has 0 fully saturated rings. The molecule has 0 aliphatic rings.